The number of benzene rings is 1. The number of aromatic nitrogens is 2. The number of H-pyrrole nitrogens is 1. The molecule has 9 heteroatoms. The molecule has 2 aromatic rings. The highest BCUT2D eigenvalue weighted by Gasteiger charge is 2.23. The first-order valence-electron chi connectivity index (χ1n) is 5.93. The Kier molecular flexibility index (Phi) is 3.83. The number of nitrogens with zero attached hydrogens (tertiary/aromatic N) is 2. The van der Waals surface area contributed by atoms with Crippen molar-refractivity contribution >= 4 is 17.3 Å². The van der Waals surface area contributed by atoms with Crippen LogP contribution in [0.25, 0.3) is 0 Å². The second-order valence-corrected chi connectivity index (χ2v) is 4.31. The zero-order chi connectivity index (χ0) is 15.6. The molecule has 1 aromatic heterocycles. The molecule has 1 atom stereocenters. The highest BCUT2D eigenvalue weighted by Crippen LogP contribution is 2.27. The van der Waals surface area contributed by atoms with Gasteiger partial charge in [-0.3, -0.25) is 14.9 Å². The normalized spacial score (nSPS) is 11.9. The van der Waals surface area contributed by atoms with Gasteiger partial charge < -0.3 is 16.0 Å². The summed E-state index contributed by atoms with van der Waals surface area (Å²) in [6.07, 6.45) is 3.10. The van der Waals surface area contributed by atoms with Crippen LogP contribution in [0.5, 0.6) is 0 Å². The van der Waals surface area contributed by atoms with E-state index in [0.29, 0.717) is 11.9 Å². The van der Waals surface area contributed by atoms with E-state index in [1.165, 1.54) is 6.20 Å². The van der Waals surface area contributed by atoms with Gasteiger partial charge in [0.2, 0.25) is 0 Å². The summed E-state index contributed by atoms with van der Waals surface area (Å²) < 4.78 is 13.4. The van der Waals surface area contributed by atoms with Gasteiger partial charge in [0.15, 0.2) is 0 Å². The second kappa shape index (κ2) is 5.57. The maximum atomic E-state index is 13.4. The number of hydrogen-bond donors (Lipinski definition) is 3. The molecule has 4 N–H and O–H groups in total. The Labute approximate surface area is 118 Å². The number of anilines is 1. The Hall–Kier alpha value is -2.97. The highest BCUT2D eigenvalue weighted by atomic mass is 19.1. The van der Waals surface area contributed by atoms with Crippen LogP contribution in [0.3, 0.4) is 0 Å². The van der Waals surface area contributed by atoms with Crippen molar-refractivity contribution in [2.45, 2.75) is 13.0 Å². The molecule has 0 aliphatic rings. The quantitative estimate of drug-likeness (QED) is 0.447. The molecular weight excluding hydrogens is 281 g/mol. The van der Waals surface area contributed by atoms with Gasteiger partial charge in [0.1, 0.15) is 17.3 Å². The number of imidazole rings is 1. The van der Waals surface area contributed by atoms with Crippen molar-refractivity contribution in [1.82, 2.24) is 15.3 Å². The summed E-state index contributed by atoms with van der Waals surface area (Å²) in [7, 11) is 0. The molecule has 1 heterocycles. The van der Waals surface area contributed by atoms with Gasteiger partial charge in [-0.05, 0) is 13.0 Å². The van der Waals surface area contributed by atoms with Crippen molar-refractivity contribution in [1.29, 1.82) is 0 Å². The van der Waals surface area contributed by atoms with E-state index < -0.39 is 28.4 Å². The van der Waals surface area contributed by atoms with Crippen LogP contribution in [-0.4, -0.2) is 20.8 Å². The van der Waals surface area contributed by atoms with Gasteiger partial charge in [-0.1, -0.05) is 0 Å². The Bertz CT molecular complexity index is 686. The molecule has 1 aromatic carbocycles. The van der Waals surface area contributed by atoms with E-state index in [-0.39, 0.29) is 11.3 Å². The third-order valence-corrected chi connectivity index (χ3v) is 2.84. The summed E-state index contributed by atoms with van der Waals surface area (Å²) in [5.41, 5.74) is 4.23. The van der Waals surface area contributed by atoms with E-state index in [4.69, 9.17) is 5.73 Å². The Balaban J connectivity index is 2.29. The van der Waals surface area contributed by atoms with Crippen molar-refractivity contribution < 1.29 is 14.1 Å². The lowest BCUT2D eigenvalue weighted by Crippen LogP contribution is -2.28. The first kappa shape index (κ1) is 14.4. The number of carbonyl (C=O) groups excluding carboxylic acids is 1. The van der Waals surface area contributed by atoms with Gasteiger partial charge in [-0.2, -0.15) is 0 Å². The second-order valence-electron chi connectivity index (χ2n) is 4.31. The van der Waals surface area contributed by atoms with Gasteiger partial charge >= 0.3 is 0 Å². The Morgan fingerprint density at radius 1 is 1.57 bits per heavy atom. The van der Waals surface area contributed by atoms with Crippen LogP contribution in [0.1, 0.15) is 29.1 Å². The molecule has 1 unspecified atom stereocenters. The maximum Gasteiger partial charge on any atom is 0.295 e. The van der Waals surface area contributed by atoms with E-state index >= 15 is 0 Å². The molecule has 0 radical (unpaired) electrons. The summed E-state index contributed by atoms with van der Waals surface area (Å²) in [6.45, 7) is 1.65. The average molecular weight is 293 g/mol. The zero-order valence-corrected chi connectivity index (χ0v) is 11.0. The fourth-order valence-electron chi connectivity index (χ4n) is 1.80. The first-order chi connectivity index (χ1) is 9.90. The number of nitro benzene ring substituents is 1. The van der Waals surface area contributed by atoms with Crippen LogP contribution < -0.4 is 11.1 Å². The van der Waals surface area contributed by atoms with E-state index in [2.05, 4.69) is 15.3 Å². The number of nitrogen functional groups attached to an aromatic ring is 1. The minimum atomic E-state index is -0.910. The molecule has 0 saturated carbocycles. The smallest absolute Gasteiger partial charge is 0.295 e. The molecule has 0 bridgehead atoms. The fraction of sp³-hybridized carbons (Fsp3) is 0.167. The molecule has 2 rings (SSSR count). The number of nitrogens with one attached hydrogen (secondary N) is 2. The Morgan fingerprint density at radius 3 is 2.86 bits per heavy atom. The number of nitrogens with two attached hydrogens (primary N) is 1. The monoisotopic (exact) mass is 293 g/mol. The lowest BCUT2D eigenvalue weighted by molar-refractivity contribution is -0.384. The van der Waals surface area contributed by atoms with Gasteiger partial charge in [-0.15, -0.1) is 0 Å². The van der Waals surface area contributed by atoms with Crippen molar-refractivity contribution in [2.75, 3.05) is 5.73 Å². The van der Waals surface area contributed by atoms with Gasteiger partial charge in [0, 0.05) is 12.4 Å². The SMILES string of the molecule is CC(NC(=O)c1cc(F)cc([N+](=O)[O-])c1N)c1ncc[nH]1. The molecule has 8 nitrogen and oxygen atoms in total. The van der Waals surface area contributed by atoms with Crippen LogP contribution in [0.15, 0.2) is 24.5 Å². The van der Waals surface area contributed by atoms with Crippen molar-refractivity contribution in [3.05, 3.63) is 51.8 Å². The molecule has 0 aliphatic carbocycles. The lowest BCUT2D eigenvalue weighted by atomic mass is 10.1. The number of hydrogen-bond acceptors (Lipinski definition) is 5. The molecule has 1 amide bonds. The van der Waals surface area contributed by atoms with E-state index in [1.54, 1.807) is 13.1 Å². The maximum absolute atomic E-state index is 13.4. The molecule has 21 heavy (non-hydrogen) atoms. The van der Waals surface area contributed by atoms with Gasteiger partial charge in [0.25, 0.3) is 11.6 Å². The van der Waals surface area contributed by atoms with Gasteiger partial charge in [0.05, 0.1) is 22.6 Å². The fourth-order valence-corrected chi connectivity index (χ4v) is 1.80. The zero-order valence-electron chi connectivity index (χ0n) is 11.0. The molecule has 0 spiro atoms. The number of nitro groups is 1. The Morgan fingerprint density at radius 2 is 2.29 bits per heavy atom. The van der Waals surface area contributed by atoms with Crippen LogP contribution in [0.2, 0.25) is 0 Å². The number of rotatable bonds is 4. The molecular formula is C12H12FN5O3. The van der Waals surface area contributed by atoms with E-state index in [1.807, 2.05) is 0 Å². The summed E-state index contributed by atoms with van der Waals surface area (Å²) in [5, 5.41) is 13.3. The minimum absolute atomic E-state index is 0.292. The highest BCUT2D eigenvalue weighted by molar-refractivity contribution is 6.01. The van der Waals surface area contributed by atoms with Gasteiger partial charge in [-0.25, -0.2) is 9.37 Å². The summed E-state index contributed by atoms with van der Waals surface area (Å²) in [4.78, 5) is 28.8. The summed E-state index contributed by atoms with van der Waals surface area (Å²) >= 11 is 0. The largest absolute Gasteiger partial charge is 0.393 e. The predicted octanol–water partition coefficient (Wildman–Crippen LogP) is 1.53. The topological polar surface area (TPSA) is 127 Å². The number of aromatic amines is 1. The van der Waals surface area contributed by atoms with Crippen LogP contribution in [-0.2, 0) is 0 Å². The average Bonchev–Trinajstić information content (AvgIpc) is 2.94. The van der Waals surface area contributed by atoms with E-state index in [9.17, 15) is 19.3 Å². The molecule has 0 fully saturated rings. The van der Waals surface area contributed by atoms with E-state index in [0.717, 1.165) is 6.07 Å². The van der Waals surface area contributed by atoms with Crippen molar-refractivity contribution in [3.63, 3.8) is 0 Å². The molecule has 0 aliphatic heterocycles. The van der Waals surface area contributed by atoms with Crippen molar-refractivity contribution in [3.8, 4) is 0 Å². The first-order valence-corrected chi connectivity index (χ1v) is 5.93. The summed E-state index contributed by atoms with van der Waals surface area (Å²) in [6, 6.07) is 1.03. The van der Waals surface area contributed by atoms with Crippen LogP contribution in [0, 0.1) is 15.9 Å². The number of halogens is 1. The molecule has 0 saturated heterocycles. The third-order valence-electron chi connectivity index (χ3n) is 2.84. The van der Waals surface area contributed by atoms with Crippen molar-refractivity contribution in [2.24, 2.45) is 0 Å². The lowest BCUT2D eigenvalue weighted by Gasteiger charge is -2.12. The van der Waals surface area contributed by atoms with Crippen LogP contribution >= 0.6 is 0 Å². The minimum Gasteiger partial charge on any atom is -0.393 e. The molecule has 110 valence electrons. The summed E-state index contributed by atoms with van der Waals surface area (Å²) in [5.74, 6) is -1.14. The number of carbonyl (C=O) groups is 1. The van der Waals surface area contributed by atoms with Crippen LogP contribution in [0.4, 0.5) is 15.8 Å². The number of amides is 1. The standard InChI is InChI=1S/C12H12FN5O3/c1-6(11-15-2-3-16-11)17-12(19)8-4-7(13)5-9(10(8)14)18(20)21/h2-6H,14H2,1H3,(H,15,16)(H,17,19). The predicted molar refractivity (Wildman–Crippen MR) is 71.9 cm³/mol. The third kappa shape index (κ3) is 2.96.